The van der Waals surface area contributed by atoms with Crippen molar-refractivity contribution in [3.8, 4) is 0 Å². The van der Waals surface area contributed by atoms with Gasteiger partial charge in [-0.1, -0.05) is 32.1 Å². The van der Waals surface area contributed by atoms with E-state index >= 15 is 0 Å². The van der Waals surface area contributed by atoms with E-state index in [4.69, 9.17) is 0 Å². The van der Waals surface area contributed by atoms with Crippen LogP contribution in [0.15, 0.2) is 12.4 Å². The number of aromatic nitrogens is 2. The topological polar surface area (TPSA) is 41.4 Å². The molecule has 1 aliphatic carbocycles. The van der Waals surface area contributed by atoms with Crippen LogP contribution in [0.4, 0.5) is 5.95 Å². The molecule has 1 aromatic rings. The van der Waals surface area contributed by atoms with Crippen molar-refractivity contribution >= 4 is 24.3 Å². The summed E-state index contributed by atoms with van der Waals surface area (Å²) in [5.41, 5.74) is 0. The monoisotopic (exact) mass is 354 g/mol. The van der Waals surface area contributed by atoms with Gasteiger partial charge in [-0.2, -0.15) is 0 Å². The van der Waals surface area contributed by atoms with E-state index in [2.05, 4.69) is 26.3 Å². The van der Waals surface area contributed by atoms with Gasteiger partial charge in [-0.25, -0.2) is 4.98 Å². The lowest BCUT2D eigenvalue weighted by atomic mass is 9.86. The minimum absolute atomic E-state index is 0. The molecule has 0 aromatic carbocycles. The molecule has 0 N–H and O–H groups in total. The Hall–Kier alpha value is -1.23. The van der Waals surface area contributed by atoms with Crippen LogP contribution in [0.1, 0.15) is 51.9 Å². The number of aryl methyl sites for hydroxylation is 1. The molecule has 1 aliphatic heterocycles. The predicted molar refractivity (Wildman–Crippen MR) is 99.8 cm³/mol. The zero-order valence-corrected chi connectivity index (χ0v) is 15.6. The number of piperazine rings is 1. The number of carbonyl (C=O) groups is 1. The Morgan fingerprint density at radius 1 is 1.17 bits per heavy atom. The van der Waals surface area contributed by atoms with Gasteiger partial charge < -0.3 is 14.4 Å². The van der Waals surface area contributed by atoms with Gasteiger partial charge in [0, 0.05) is 51.5 Å². The number of imidazole rings is 1. The third kappa shape index (κ3) is 4.65. The van der Waals surface area contributed by atoms with Gasteiger partial charge >= 0.3 is 0 Å². The molecule has 0 spiro atoms. The lowest BCUT2D eigenvalue weighted by Gasteiger charge is -2.35. The lowest BCUT2D eigenvalue weighted by molar-refractivity contribution is -0.131. The van der Waals surface area contributed by atoms with Gasteiger partial charge in [-0.3, -0.25) is 4.79 Å². The second kappa shape index (κ2) is 9.30. The van der Waals surface area contributed by atoms with Crippen LogP contribution in [-0.2, 0) is 11.3 Å². The third-order valence-corrected chi connectivity index (χ3v) is 5.44. The van der Waals surface area contributed by atoms with Crippen LogP contribution in [-0.4, -0.2) is 46.5 Å². The highest BCUT2D eigenvalue weighted by atomic mass is 35.5. The highest BCUT2D eigenvalue weighted by molar-refractivity contribution is 5.85. The molecule has 1 amide bonds. The van der Waals surface area contributed by atoms with Crippen molar-refractivity contribution < 1.29 is 4.79 Å². The largest absolute Gasteiger partial charge is 0.339 e. The van der Waals surface area contributed by atoms with Crippen molar-refractivity contribution in [3.05, 3.63) is 12.4 Å². The second-order valence-corrected chi connectivity index (χ2v) is 6.92. The van der Waals surface area contributed by atoms with Crippen molar-refractivity contribution in [1.29, 1.82) is 0 Å². The molecule has 1 saturated carbocycles. The van der Waals surface area contributed by atoms with E-state index in [1.54, 1.807) is 0 Å². The Kier molecular flexibility index (Phi) is 7.40. The Bertz CT molecular complexity index is 505. The third-order valence-electron chi connectivity index (χ3n) is 5.44. The maximum Gasteiger partial charge on any atom is 0.222 e. The molecule has 0 radical (unpaired) electrons. The average Bonchev–Trinajstić information content (AvgIpc) is 3.09. The van der Waals surface area contributed by atoms with Crippen molar-refractivity contribution in [2.45, 2.75) is 58.4 Å². The maximum atomic E-state index is 12.4. The molecular weight excluding hydrogens is 324 g/mol. The van der Waals surface area contributed by atoms with Crippen LogP contribution >= 0.6 is 12.4 Å². The van der Waals surface area contributed by atoms with Crippen molar-refractivity contribution in [1.82, 2.24) is 14.5 Å². The summed E-state index contributed by atoms with van der Waals surface area (Å²) < 4.78 is 2.17. The van der Waals surface area contributed by atoms with Crippen LogP contribution in [0, 0.1) is 5.92 Å². The highest BCUT2D eigenvalue weighted by Crippen LogP contribution is 2.27. The van der Waals surface area contributed by atoms with Gasteiger partial charge in [0.1, 0.15) is 0 Å². The van der Waals surface area contributed by atoms with Crippen molar-refractivity contribution in [2.75, 3.05) is 31.1 Å². The summed E-state index contributed by atoms with van der Waals surface area (Å²) in [6.07, 6.45) is 12.5. The molecule has 0 unspecified atom stereocenters. The first-order valence-electron chi connectivity index (χ1n) is 9.31. The molecule has 1 aromatic heterocycles. The van der Waals surface area contributed by atoms with E-state index < -0.39 is 0 Å². The number of hydrogen-bond acceptors (Lipinski definition) is 3. The minimum atomic E-state index is 0. The van der Waals surface area contributed by atoms with Crippen molar-refractivity contribution in [3.63, 3.8) is 0 Å². The summed E-state index contributed by atoms with van der Waals surface area (Å²) in [5, 5.41) is 0. The van der Waals surface area contributed by atoms with E-state index in [1.807, 2.05) is 12.4 Å². The first-order chi connectivity index (χ1) is 11.3. The van der Waals surface area contributed by atoms with Crippen molar-refractivity contribution in [2.24, 2.45) is 5.92 Å². The zero-order valence-electron chi connectivity index (χ0n) is 14.8. The molecule has 5 nitrogen and oxygen atoms in total. The molecule has 24 heavy (non-hydrogen) atoms. The quantitative estimate of drug-likeness (QED) is 0.814. The molecule has 2 fully saturated rings. The normalized spacial score (nSPS) is 19.2. The average molecular weight is 355 g/mol. The Morgan fingerprint density at radius 3 is 2.54 bits per heavy atom. The van der Waals surface area contributed by atoms with Crippen LogP contribution < -0.4 is 4.90 Å². The molecule has 0 atom stereocenters. The van der Waals surface area contributed by atoms with Crippen LogP contribution in [0.25, 0.3) is 0 Å². The molecule has 1 saturated heterocycles. The Balaban J connectivity index is 0.00000208. The fourth-order valence-electron chi connectivity index (χ4n) is 3.95. The molecule has 0 bridgehead atoms. The summed E-state index contributed by atoms with van der Waals surface area (Å²) in [5.74, 6) is 2.20. The summed E-state index contributed by atoms with van der Waals surface area (Å²) in [7, 11) is 0. The van der Waals surface area contributed by atoms with Crippen LogP contribution in [0.3, 0.4) is 0 Å². The van der Waals surface area contributed by atoms with Gasteiger partial charge in [-0.15, -0.1) is 12.4 Å². The lowest BCUT2D eigenvalue weighted by Crippen LogP contribution is -2.49. The summed E-state index contributed by atoms with van der Waals surface area (Å²) in [6, 6.07) is 0. The summed E-state index contributed by atoms with van der Waals surface area (Å²) in [4.78, 5) is 21.3. The number of hydrogen-bond donors (Lipinski definition) is 0. The Morgan fingerprint density at radius 2 is 1.88 bits per heavy atom. The van der Waals surface area contributed by atoms with E-state index in [0.717, 1.165) is 57.4 Å². The van der Waals surface area contributed by atoms with E-state index in [1.165, 1.54) is 32.1 Å². The zero-order chi connectivity index (χ0) is 16.1. The molecule has 6 heteroatoms. The minimum Gasteiger partial charge on any atom is -0.339 e. The van der Waals surface area contributed by atoms with Crippen LogP contribution in [0.5, 0.6) is 0 Å². The molecule has 3 rings (SSSR count). The SMILES string of the molecule is CCn1ccnc1N1CCN(C(=O)CCC2CCCCC2)CC1.Cl. The second-order valence-electron chi connectivity index (χ2n) is 6.92. The maximum absolute atomic E-state index is 12.4. The number of amides is 1. The fourth-order valence-corrected chi connectivity index (χ4v) is 3.95. The summed E-state index contributed by atoms with van der Waals surface area (Å²) in [6.45, 7) is 6.53. The molecular formula is C18H31ClN4O. The van der Waals surface area contributed by atoms with Gasteiger partial charge in [0.05, 0.1) is 0 Å². The van der Waals surface area contributed by atoms with E-state index in [-0.39, 0.29) is 12.4 Å². The van der Waals surface area contributed by atoms with E-state index in [0.29, 0.717) is 5.91 Å². The smallest absolute Gasteiger partial charge is 0.222 e. The van der Waals surface area contributed by atoms with Crippen LogP contribution in [0.2, 0.25) is 0 Å². The molecule has 2 heterocycles. The van der Waals surface area contributed by atoms with Gasteiger partial charge in [-0.05, 0) is 19.3 Å². The van der Waals surface area contributed by atoms with Gasteiger partial charge in [0.15, 0.2) is 0 Å². The van der Waals surface area contributed by atoms with Gasteiger partial charge in [0.25, 0.3) is 0 Å². The standard InChI is InChI=1S/C18H30N4O.ClH/c1-2-20-11-10-19-18(20)22-14-12-21(13-15-22)17(23)9-8-16-6-4-3-5-7-16;/h10-11,16H,2-9,12-15H2,1H3;1H. The molecule has 136 valence electrons. The number of halogens is 1. The predicted octanol–water partition coefficient (Wildman–Crippen LogP) is 3.33. The number of rotatable bonds is 5. The number of anilines is 1. The summed E-state index contributed by atoms with van der Waals surface area (Å²) >= 11 is 0. The number of nitrogens with zero attached hydrogens (tertiary/aromatic N) is 4. The van der Waals surface area contributed by atoms with E-state index in [9.17, 15) is 4.79 Å². The van der Waals surface area contributed by atoms with Gasteiger partial charge in [0.2, 0.25) is 11.9 Å². The molecule has 2 aliphatic rings. The first kappa shape index (κ1) is 19.1. The number of carbonyl (C=O) groups excluding carboxylic acids is 1. The Labute approximate surface area is 151 Å². The highest BCUT2D eigenvalue weighted by Gasteiger charge is 2.24. The first-order valence-corrected chi connectivity index (χ1v) is 9.31. The fraction of sp³-hybridized carbons (Fsp3) is 0.778.